The van der Waals surface area contributed by atoms with Crippen molar-refractivity contribution in [3.05, 3.63) is 53.2 Å². The van der Waals surface area contributed by atoms with Crippen molar-refractivity contribution in [1.29, 1.82) is 0 Å². The molecule has 8 nitrogen and oxygen atoms in total. The molecular formula is C28H28N4O4. The lowest BCUT2D eigenvalue weighted by molar-refractivity contribution is -0.117. The van der Waals surface area contributed by atoms with Gasteiger partial charge in [-0.3, -0.25) is 9.78 Å². The van der Waals surface area contributed by atoms with Gasteiger partial charge in [-0.15, -0.1) is 0 Å². The molecular weight excluding hydrogens is 456 g/mol. The van der Waals surface area contributed by atoms with Crippen LogP contribution in [0.4, 0.5) is 5.82 Å². The minimum absolute atomic E-state index is 0.0272. The van der Waals surface area contributed by atoms with E-state index in [-0.39, 0.29) is 23.8 Å². The molecule has 1 aliphatic carbocycles. The number of carbonyl (C=O) groups is 1. The van der Waals surface area contributed by atoms with Gasteiger partial charge in [0.25, 0.3) is 0 Å². The molecule has 2 unspecified atom stereocenters. The van der Waals surface area contributed by atoms with Crippen molar-refractivity contribution in [3.63, 3.8) is 0 Å². The predicted octanol–water partition coefficient (Wildman–Crippen LogP) is 3.75. The second-order valence-electron chi connectivity index (χ2n) is 9.66. The quantitative estimate of drug-likeness (QED) is 0.551. The third-order valence-corrected chi connectivity index (χ3v) is 6.94. The van der Waals surface area contributed by atoms with Crippen LogP contribution in [0, 0.1) is 24.7 Å². The lowest BCUT2D eigenvalue weighted by Crippen LogP contribution is -2.17. The molecule has 1 N–H and O–H groups in total. The molecule has 0 bridgehead atoms. The third-order valence-electron chi connectivity index (χ3n) is 6.94. The maximum Gasteiger partial charge on any atom is 0.228 e. The first-order valence-corrected chi connectivity index (χ1v) is 12.5. The van der Waals surface area contributed by atoms with E-state index in [0.717, 1.165) is 72.2 Å². The molecule has 36 heavy (non-hydrogen) atoms. The highest BCUT2D eigenvalue weighted by Crippen LogP contribution is 2.34. The molecule has 3 aromatic rings. The van der Waals surface area contributed by atoms with E-state index in [1.807, 2.05) is 19.1 Å². The third kappa shape index (κ3) is 4.90. The highest BCUT2D eigenvalue weighted by atomic mass is 16.5. The second kappa shape index (κ2) is 9.84. The summed E-state index contributed by atoms with van der Waals surface area (Å²) < 4.78 is 17.3. The van der Waals surface area contributed by atoms with Crippen molar-refractivity contribution in [1.82, 2.24) is 15.0 Å². The van der Waals surface area contributed by atoms with Gasteiger partial charge in [0.1, 0.15) is 23.4 Å². The molecule has 184 valence electrons. The van der Waals surface area contributed by atoms with Gasteiger partial charge in [-0.1, -0.05) is 5.92 Å². The topological polar surface area (TPSA) is 95.5 Å². The molecule has 3 aliphatic rings. The monoisotopic (exact) mass is 484 g/mol. The number of rotatable bonds is 5. The number of carbonyl (C=O) groups excluding carboxylic acids is 1. The Morgan fingerprint density at radius 1 is 0.972 bits per heavy atom. The molecule has 1 amide bonds. The van der Waals surface area contributed by atoms with Crippen molar-refractivity contribution in [3.8, 4) is 17.6 Å². The number of hydrogen-bond donors (Lipinski definition) is 1. The van der Waals surface area contributed by atoms with Crippen molar-refractivity contribution >= 4 is 22.5 Å². The minimum Gasteiger partial charge on any atom is -0.486 e. The summed E-state index contributed by atoms with van der Waals surface area (Å²) in [5.41, 5.74) is 3.37. The normalized spacial score (nSPS) is 21.2. The van der Waals surface area contributed by atoms with Crippen molar-refractivity contribution in [2.24, 2.45) is 5.92 Å². The van der Waals surface area contributed by atoms with Gasteiger partial charge in [-0.25, -0.2) is 9.97 Å². The molecule has 8 heteroatoms. The van der Waals surface area contributed by atoms with Gasteiger partial charge in [-0.05, 0) is 44.2 Å². The predicted molar refractivity (Wildman–Crippen MR) is 134 cm³/mol. The van der Waals surface area contributed by atoms with Crippen LogP contribution >= 0.6 is 0 Å². The number of nitrogens with zero attached hydrogens (tertiary/aromatic N) is 3. The summed E-state index contributed by atoms with van der Waals surface area (Å²) >= 11 is 0. The summed E-state index contributed by atoms with van der Waals surface area (Å²) in [6.07, 6.45) is 9.06. The number of hydrogen-bond acceptors (Lipinski definition) is 7. The number of pyridine rings is 3. The first kappa shape index (κ1) is 22.9. The number of aromatic nitrogens is 3. The Labute approximate surface area is 209 Å². The molecule has 0 spiro atoms. The second-order valence-corrected chi connectivity index (χ2v) is 9.66. The fraction of sp³-hybridized carbons (Fsp3) is 0.429. The minimum atomic E-state index is 0.0272. The van der Waals surface area contributed by atoms with Crippen molar-refractivity contribution in [2.75, 3.05) is 31.7 Å². The zero-order valence-electron chi connectivity index (χ0n) is 20.3. The molecule has 1 saturated carbocycles. The van der Waals surface area contributed by atoms with Crippen LogP contribution in [0.15, 0.2) is 30.7 Å². The molecule has 0 radical (unpaired) electrons. The Morgan fingerprint density at radius 3 is 2.61 bits per heavy atom. The fourth-order valence-corrected chi connectivity index (χ4v) is 4.65. The van der Waals surface area contributed by atoms with E-state index in [1.54, 1.807) is 18.6 Å². The van der Waals surface area contributed by atoms with Gasteiger partial charge >= 0.3 is 0 Å². The summed E-state index contributed by atoms with van der Waals surface area (Å²) in [6.45, 7) is 4.68. The number of fused-ring (bicyclic) bond motifs is 1. The first-order chi connectivity index (χ1) is 17.6. The summed E-state index contributed by atoms with van der Waals surface area (Å²) in [7, 11) is 0. The Balaban J connectivity index is 1.32. The summed E-state index contributed by atoms with van der Waals surface area (Å²) in [5, 5.41) is 4.74. The van der Waals surface area contributed by atoms with E-state index in [4.69, 9.17) is 14.2 Å². The molecule has 2 saturated heterocycles. The number of amides is 1. The van der Waals surface area contributed by atoms with E-state index < -0.39 is 0 Å². The van der Waals surface area contributed by atoms with Crippen LogP contribution in [0.5, 0.6) is 5.75 Å². The molecule has 3 fully saturated rings. The van der Waals surface area contributed by atoms with Gasteiger partial charge in [0.05, 0.1) is 31.6 Å². The van der Waals surface area contributed by atoms with E-state index >= 15 is 0 Å². The van der Waals surface area contributed by atoms with Crippen LogP contribution in [0.25, 0.3) is 10.8 Å². The number of nitrogens with one attached hydrogen (secondary N) is 1. The van der Waals surface area contributed by atoms with Gasteiger partial charge in [0.2, 0.25) is 5.91 Å². The van der Waals surface area contributed by atoms with Crippen LogP contribution in [-0.4, -0.2) is 53.4 Å². The number of ether oxygens (including phenoxy) is 3. The molecule has 2 atom stereocenters. The van der Waals surface area contributed by atoms with E-state index in [1.165, 1.54) is 0 Å². The van der Waals surface area contributed by atoms with Crippen LogP contribution in [0.1, 0.15) is 54.1 Å². The smallest absolute Gasteiger partial charge is 0.228 e. The van der Waals surface area contributed by atoms with E-state index in [0.29, 0.717) is 24.7 Å². The first-order valence-electron chi connectivity index (χ1n) is 12.5. The molecule has 6 rings (SSSR count). The average molecular weight is 485 g/mol. The van der Waals surface area contributed by atoms with Crippen molar-refractivity contribution in [2.45, 2.75) is 44.6 Å². The average Bonchev–Trinajstić information content (AvgIpc) is 3.35. The SMILES string of the molecule is Cc1ncc(C#Cc2cc(C3CCOC3)c(OC3CCOC3)cn2)c2cc(NC(=O)C3CC3)ncc12. The van der Waals surface area contributed by atoms with Crippen LogP contribution < -0.4 is 10.1 Å². The maximum absolute atomic E-state index is 12.2. The Hall–Kier alpha value is -3.54. The van der Waals surface area contributed by atoms with Gasteiger partial charge in [-0.2, -0.15) is 0 Å². The van der Waals surface area contributed by atoms with Crippen LogP contribution in [0.3, 0.4) is 0 Å². The lowest BCUT2D eigenvalue weighted by atomic mass is 9.97. The summed E-state index contributed by atoms with van der Waals surface area (Å²) in [6, 6.07) is 3.90. The summed E-state index contributed by atoms with van der Waals surface area (Å²) in [5.74, 6) is 8.19. The number of aryl methyl sites for hydroxylation is 1. The largest absolute Gasteiger partial charge is 0.486 e. The van der Waals surface area contributed by atoms with Gasteiger partial charge < -0.3 is 19.5 Å². The highest BCUT2D eigenvalue weighted by Gasteiger charge is 2.30. The van der Waals surface area contributed by atoms with Crippen LogP contribution in [0.2, 0.25) is 0 Å². The van der Waals surface area contributed by atoms with E-state index in [9.17, 15) is 4.79 Å². The molecule has 0 aromatic carbocycles. The number of anilines is 1. The zero-order valence-corrected chi connectivity index (χ0v) is 20.3. The molecule has 5 heterocycles. The Kier molecular flexibility index (Phi) is 6.26. The fourth-order valence-electron chi connectivity index (χ4n) is 4.65. The van der Waals surface area contributed by atoms with Gasteiger partial charge in [0, 0.05) is 59.3 Å². The van der Waals surface area contributed by atoms with E-state index in [2.05, 4.69) is 32.1 Å². The standard InChI is InChI=1S/C28H28N4O4/c1-17-25-13-31-27(32-28(33)18-2-3-18)11-23(25)19(12-29-17)4-5-21-10-24(20-6-8-34-15-20)26(14-30-21)36-22-7-9-35-16-22/h10-14,18,20,22H,2-3,6-9,15-16H2,1H3,(H,31,32,33). The summed E-state index contributed by atoms with van der Waals surface area (Å²) in [4.78, 5) is 25.7. The van der Waals surface area contributed by atoms with Crippen molar-refractivity contribution < 1.29 is 19.0 Å². The van der Waals surface area contributed by atoms with Gasteiger partial charge in [0.15, 0.2) is 0 Å². The zero-order chi connectivity index (χ0) is 24.5. The molecule has 2 aliphatic heterocycles. The van der Waals surface area contributed by atoms with Crippen LogP contribution in [-0.2, 0) is 14.3 Å². The Morgan fingerprint density at radius 2 is 1.83 bits per heavy atom. The lowest BCUT2D eigenvalue weighted by Gasteiger charge is -2.18. The maximum atomic E-state index is 12.2. The molecule has 3 aromatic heterocycles. The highest BCUT2D eigenvalue weighted by molar-refractivity contribution is 5.96. The Bertz CT molecular complexity index is 1360.